The molecule has 0 spiro atoms. The van der Waals surface area contributed by atoms with Gasteiger partial charge in [0.25, 0.3) is 10.0 Å². The van der Waals surface area contributed by atoms with Crippen molar-refractivity contribution < 1.29 is 30.7 Å². The maximum atomic E-state index is 15.1. The Balaban J connectivity index is 1.90. The third-order valence-electron chi connectivity index (χ3n) is 5.64. The maximum absolute atomic E-state index is 15.1. The van der Waals surface area contributed by atoms with Gasteiger partial charge in [-0.1, -0.05) is 0 Å². The van der Waals surface area contributed by atoms with Crippen LogP contribution in [0.5, 0.6) is 11.5 Å². The molecule has 0 saturated heterocycles. The number of hydrogen-bond donors (Lipinski definition) is 1. The molecule has 4 rings (SSSR count). The molecule has 0 unspecified atom stereocenters. The van der Waals surface area contributed by atoms with Gasteiger partial charge in [0.05, 0.1) is 36.5 Å². The average molecular weight is 552 g/mol. The summed E-state index contributed by atoms with van der Waals surface area (Å²) in [5.74, 6) is -1.05. The lowest BCUT2D eigenvalue weighted by Crippen LogP contribution is -2.28. The molecule has 1 aromatic carbocycles. The molecule has 0 fully saturated rings. The molecular formula is C23H26FN5O6S2. The molecule has 0 aliphatic rings. The number of rotatable bonds is 7. The van der Waals surface area contributed by atoms with Crippen LogP contribution in [0.15, 0.2) is 52.8 Å². The van der Waals surface area contributed by atoms with Gasteiger partial charge in [-0.3, -0.25) is 13.8 Å². The molecular weight excluding hydrogens is 525 g/mol. The Labute approximate surface area is 213 Å². The summed E-state index contributed by atoms with van der Waals surface area (Å²) < 4.78 is 81.8. The summed E-state index contributed by atoms with van der Waals surface area (Å²) in [5.41, 5.74) is 0.692. The molecule has 0 radical (unpaired) electrons. The van der Waals surface area contributed by atoms with Crippen LogP contribution in [0.1, 0.15) is 20.8 Å². The first-order valence-electron chi connectivity index (χ1n) is 10.9. The van der Waals surface area contributed by atoms with Crippen LogP contribution in [0.25, 0.3) is 16.9 Å². The lowest BCUT2D eigenvalue weighted by Gasteiger charge is -2.21. The molecule has 0 saturated carbocycles. The minimum Gasteiger partial charge on any atom is -0.495 e. The Morgan fingerprint density at radius 1 is 1.05 bits per heavy atom. The van der Waals surface area contributed by atoms with Crippen LogP contribution >= 0.6 is 0 Å². The van der Waals surface area contributed by atoms with Crippen molar-refractivity contribution in [3.05, 3.63) is 48.7 Å². The van der Waals surface area contributed by atoms with Crippen molar-refractivity contribution in [3.63, 3.8) is 0 Å². The van der Waals surface area contributed by atoms with Crippen molar-refractivity contribution in [2.75, 3.05) is 18.9 Å². The van der Waals surface area contributed by atoms with Gasteiger partial charge in [-0.15, -0.1) is 0 Å². The van der Waals surface area contributed by atoms with Crippen LogP contribution in [0.2, 0.25) is 0 Å². The Hall–Kier alpha value is -3.65. The van der Waals surface area contributed by atoms with Crippen LogP contribution in [-0.4, -0.2) is 55.0 Å². The van der Waals surface area contributed by atoms with E-state index in [9.17, 15) is 16.8 Å². The molecule has 4 aromatic rings. The summed E-state index contributed by atoms with van der Waals surface area (Å²) in [6, 6.07) is 5.27. The topological polar surface area (TPSA) is 134 Å². The Morgan fingerprint density at radius 3 is 2.32 bits per heavy atom. The summed E-state index contributed by atoms with van der Waals surface area (Å²) in [4.78, 5) is 4.23. The number of halogens is 1. The largest absolute Gasteiger partial charge is 0.495 e. The van der Waals surface area contributed by atoms with Gasteiger partial charge in [0.15, 0.2) is 26.4 Å². The molecule has 14 heteroatoms. The molecule has 3 heterocycles. The number of hydrogen-bond acceptors (Lipinski definition) is 8. The van der Waals surface area contributed by atoms with Gasteiger partial charge in [0, 0.05) is 31.1 Å². The van der Waals surface area contributed by atoms with Crippen molar-refractivity contribution in [3.8, 4) is 22.8 Å². The van der Waals surface area contributed by atoms with Gasteiger partial charge in [0.1, 0.15) is 16.3 Å². The molecule has 0 aliphatic carbocycles. The van der Waals surface area contributed by atoms with Crippen molar-refractivity contribution in [1.29, 1.82) is 0 Å². The van der Waals surface area contributed by atoms with Crippen LogP contribution in [-0.2, 0) is 26.9 Å². The smallest absolute Gasteiger partial charge is 0.281 e. The second-order valence-electron chi connectivity index (χ2n) is 9.17. The quantitative estimate of drug-likeness (QED) is 0.370. The lowest BCUT2D eigenvalue weighted by atomic mass is 10.1. The van der Waals surface area contributed by atoms with Gasteiger partial charge >= 0.3 is 0 Å². The highest BCUT2D eigenvalue weighted by Crippen LogP contribution is 2.37. The third-order valence-corrected chi connectivity index (χ3v) is 9.40. The predicted molar refractivity (Wildman–Crippen MR) is 135 cm³/mol. The summed E-state index contributed by atoms with van der Waals surface area (Å²) in [5, 5.41) is 3.62. The highest BCUT2D eigenvalue weighted by molar-refractivity contribution is 7.93. The second-order valence-corrected chi connectivity index (χ2v) is 13.5. The number of methoxy groups -OCH3 is 2. The summed E-state index contributed by atoms with van der Waals surface area (Å²) in [7, 11) is -3.87. The first-order chi connectivity index (χ1) is 17.2. The van der Waals surface area contributed by atoms with Crippen LogP contribution in [0, 0.1) is 5.82 Å². The van der Waals surface area contributed by atoms with E-state index in [1.807, 2.05) is 0 Å². The van der Waals surface area contributed by atoms with E-state index in [0.29, 0.717) is 11.3 Å². The molecule has 198 valence electrons. The minimum atomic E-state index is -4.17. The van der Waals surface area contributed by atoms with Crippen LogP contribution in [0.4, 0.5) is 10.1 Å². The van der Waals surface area contributed by atoms with Crippen LogP contribution < -0.4 is 14.2 Å². The van der Waals surface area contributed by atoms with Gasteiger partial charge in [-0.2, -0.15) is 13.5 Å². The predicted octanol–water partition coefficient (Wildman–Crippen LogP) is 3.26. The highest BCUT2D eigenvalue weighted by Gasteiger charge is 2.34. The standard InChI is InChI=1S/C23H26FN5O6S2/c1-23(2,3)36(30,31)19-13-29-17(12-25-20(29)11-18(19)34-5)14-9-15(24)22(35-6)16(10-14)27-37(32,33)21-7-8-28(4)26-21/h7-13,27H,1-6H3. The number of aromatic nitrogens is 4. The number of anilines is 1. The molecule has 3 aromatic heterocycles. The number of sulfone groups is 1. The summed E-state index contributed by atoms with van der Waals surface area (Å²) >= 11 is 0. The number of sulfonamides is 1. The number of benzene rings is 1. The second kappa shape index (κ2) is 9.03. The zero-order valence-electron chi connectivity index (χ0n) is 21.0. The van der Waals surface area contributed by atoms with Crippen molar-refractivity contribution in [1.82, 2.24) is 19.2 Å². The minimum absolute atomic E-state index is 0.0701. The van der Waals surface area contributed by atoms with Gasteiger partial charge in [0.2, 0.25) is 0 Å². The van der Waals surface area contributed by atoms with E-state index in [1.54, 1.807) is 27.8 Å². The monoisotopic (exact) mass is 551 g/mol. The molecule has 0 atom stereocenters. The normalized spacial score (nSPS) is 12.6. The molecule has 37 heavy (non-hydrogen) atoms. The Bertz CT molecular complexity index is 1720. The van der Waals surface area contributed by atoms with E-state index in [4.69, 9.17) is 9.47 Å². The van der Waals surface area contributed by atoms with E-state index in [1.165, 1.54) is 60.1 Å². The van der Waals surface area contributed by atoms with Crippen molar-refractivity contribution in [2.45, 2.75) is 35.4 Å². The third kappa shape index (κ3) is 4.62. The van der Waals surface area contributed by atoms with Gasteiger partial charge in [-0.25, -0.2) is 17.8 Å². The Kier molecular flexibility index (Phi) is 6.44. The highest BCUT2D eigenvalue weighted by atomic mass is 32.2. The van der Waals surface area contributed by atoms with Gasteiger partial charge < -0.3 is 9.47 Å². The lowest BCUT2D eigenvalue weighted by molar-refractivity contribution is 0.389. The molecule has 1 N–H and O–H groups in total. The van der Waals surface area contributed by atoms with Crippen molar-refractivity contribution in [2.24, 2.45) is 7.05 Å². The summed E-state index contributed by atoms with van der Waals surface area (Å²) in [6.45, 7) is 4.71. The molecule has 0 aliphatic heterocycles. The number of fused-ring (bicyclic) bond motifs is 1. The first-order valence-corrected chi connectivity index (χ1v) is 13.9. The van der Waals surface area contributed by atoms with Crippen molar-refractivity contribution >= 4 is 31.2 Å². The fourth-order valence-electron chi connectivity index (χ4n) is 3.65. The first kappa shape index (κ1) is 26.4. The number of ether oxygens (including phenoxy) is 2. The zero-order chi connectivity index (χ0) is 27.3. The maximum Gasteiger partial charge on any atom is 0.281 e. The number of nitrogens with zero attached hydrogens (tertiary/aromatic N) is 4. The summed E-state index contributed by atoms with van der Waals surface area (Å²) in [6.07, 6.45) is 4.23. The van der Waals surface area contributed by atoms with Gasteiger partial charge in [-0.05, 0) is 39.0 Å². The zero-order valence-corrected chi connectivity index (χ0v) is 22.6. The van der Waals surface area contributed by atoms with E-state index < -0.39 is 30.4 Å². The molecule has 0 bridgehead atoms. The van der Waals surface area contributed by atoms with Crippen LogP contribution in [0.3, 0.4) is 0 Å². The van der Waals surface area contributed by atoms with E-state index in [0.717, 1.165) is 6.07 Å². The van der Waals surface area contributed by atoms with E-state index >= 15 is 4.39 Å². The fraction of sp³-hybridized carbons (Fsp3) is 0.304. The Morgan fingerprint density at radius 2 is 1.76 bits per heavy atom. The average Bonchev–Trinajstić information content (AvgIpc) is 3.43. The van der Waals surface area contributed by atoms with E-state index in [2.05, 4.69) is 14.8 Å². The number of nitrogens with one attached hydrogen (secondary N) is 1. The molecule has 0 amide bonds. The fourth-order valence-corrected chi connectivity index (χ4v) is 5.98. The molecule has 11 nitrogen and oxygen atoms in total. The SMILES string of the molecule is COc1cc2ncc(-c3cc(F)c(OC)c(NS(=O)(=O)c4ccn(C)n4)c3)n2cc1S(=O)(=O)C(C)(C)C. The number of pyridine rings is 1. The number of imidazole rings is 1. The van der Waals surface area contributed by atoms with E-state index in [-0.39, 0.29) is 32.7 Å². The number of aryl methyl sites for hydroxylation is 1.